The molecule has 0 bridgehead atoms. The van der Waals surface area contributed by atoms with Gasteiger partial charge in [0.05, 0.1) is 16.8 Å². The fraction of sp³-hybridized carbons (Fsp3) is 0.200. The van der Waals surface area contributed by atoms with Crippen LogP contribution < -0.4 is 5.32 Å². The summed E-state index contributed by atoms with van der Waals surface area (Å²) >= 11 is 6.19. The number of carbonyl (C=O) groups excluding carboxylic acids is 2. The van der Waals surface area contributed by atoms with Gasteiger partial charge >= 0.3 is 12.1 Å². The molecule has 0 aliphatic carbocycles. The van der Waals surface area contributed by atoms with Crippen LogP contribution in [0, 0.1) is 0 Å². The van der Waals surface area contributed by atoms with Crippen LogP contribution in [0.25, 0.3) is 11.8 Å². The highest BCUT2D eigenvalue weighted by Gasteiger charge is 2.40. The Morgan fingerprint density at radius 3 is 2.50 bits per heavy atom. The molecule has 2 unspecified atom stereocenters. The minimum Gasteiger partial charge on any atom is -0.478 e. The first-order chi connectivity index (χ1) is 21.0. The van der Waals surface area contributed by atoms with E-state index in [-0.39, 0.29) is 23.4 Å². The maximum atomic E-state index is 13.8. The lowest BCUT2D eigenvalue weighted by molar-refractivity contribution is -0.138. The number of alkyl halides is 3. The Balaban J connectivity index is 1.49. The minimum atomic E-state index is -4.60. The first-order valence-electron chi connectivity index (χ1n) is 13.3. The highest BCUT2D eigenvalue weighted by Crippen LogP contribution is 2.37. The number of aromatic carboxylic acids is 1. The van der Waals surface area contributed by atoms with Gasteiger partial charge in [0, 0.05) is 34.8 Å². The van der Waals surface area contributed by atoms with E-state index >= 15 is 0 Å². The number of hydrogen-bond donors (Lipinski definition) is 2. The van der Waals surface area contributed by atoms with Crippen molar-refractivity contribution < 1.29 is 32.7 Å². The number of carboxylic acid groups (broad SMARTS) is 1. The molecule has 2 amide bonds. The summed E-state index contributed by atoms with van der Waals surface area (Å²) in [6, 6.07) is 13.9. The number of nitrogens with zero attached hydrogens (tertiary/aromatic N) is 5. The van der Waals surface area contributed by atoms with Gasteiger partial charge in [-0.15, -0.1) is 5.10 Å². The average Bonchev–Trinajstić information content (AvgIpc) is 3.54. The van der Waals surface area contributed by atoms with Crippen molar-refractivity contribution in [3.8, 4) is 5.69 Å². The van der Waals surface area contributed by atoms with Crippen LogP contribution in [0.15, 0.2) is 79.1 Å². The van der Waals surface area contributed by atoms with Gasteiger partial charge in [0.2, 0.25) is 11.8 Å². The third-order valence-electron chi connectivity index (χ3n) is 7.22. The molecule has 1 aliphatic heterocycles. The molecular formula is C30H24ClF3N6O4. The predicted octanol–water partition coefficient (Wildman–Crippen LogP) is 5.46. The topological polar surface area (TPSA) is 130 Å². The zero-order valence-corrected chi connectivity index (χ0v) is 23.5. The minimum absolute atomic E-state index is 0.00603. The van der Waals surface area contributed by atoms with Crippen molar-refractivity contribution in [2.24, 2.45) is 0 Å². The summed E-state index contributed by atoms with van der Waals surface area (Å²) in [6.07, 6.45) is 0.318. The maximum absolute atomic E-state index is 13.8. The third kappa shape index (κ3) is 6.78. The maximum Gasteiger partial charge on any atom is 0.416 e. The normalized spacial score (nSPS) is 17.0. The molecule has 1 fully saturated rings. The van der Waals surface area contributed by atoms with Crippen molar-refractivity contribution in [1.29, 1.82) is 0 Å². The Morgan fingerprint density at radius 1 is 1.05 bits per heavy atom. The fourth-order valence-corrected chi connectivity index (χ4v) is 5.35. The Hall–Kier alpha value is -5.04. The molecule has 3 aromatic carbocycles. The lowest BCUT2D eigenvalue weighted by Gasteiger charge is -2.40. The number of aromatic nitrogens is 4. The second kappa shape index (κ2) is 12.7. The number of halogens is 4. The molecule has 2 N–H and O–H groups in total. The largest absolute Gasteiger partial charge is 0.478 e. The molecule has 1 aromatic heterocycles. The van der Waals surface area contributed by atoms with Gasteiger partial charge in [-0.05, 0) is 83.4 Å². The number of hydrogen-bond acceptors (Lipinski definition) is 6. The van der Waals surface area contributed by atoms with Gasteiger partial charge in [-0.1, -0.05) is 29.8 Å². The Kier molecular flexibility index (Phi) is 8.76. The zero-order valence-electron chi connectivity index (χ0n) is 22.8. The fourth-order valence-electron chi connectivity index (χ4n) is 5.17. The summed E-state index contributed by atoms with van der Waals surface area (Å²) in [5.74, 6) is -3.09. The van der Waals surface area contributed by atoms with Crippen LogP contribution in [0.4, 0.5) is 18.9 Å². The molecule has 5 rings (SSSR count). The van der Waals surface area contributed by atoms with Crippen LogP contribution in [0.3, 0.4) is 0 Å². The number of tetrazole rings is 1. The van der Waals surface area contributed by atoms with Crippen LogP contribution in [-0.4, -0.2) is 60.6 Å². The smallest absolute Gasteiger partial charge is 0.416 e. The van der Waals surface area contributed by atoms with E-state index in [1.807, 2.05) is 0 Å². The van der Waals surface area contributed by atoms with E-state index in [0.29, 0.717) is 29.1 Å². The first-order valence-corrected chi connectivity index (χ1v) is 13.7. The average molecular weight is 625 g/mol. The molecule has 2 atom stereocenters. The van der Waals surface area contributed by atoms with E-state index in [1.165, 1.54) is 64.5 Å². The van der Waals surface area contributed by atoms with Crippen molar-refractivity contribution in [2.75, 3.05) is 11.9 Å². The van der Waals surface area contributed by atoms with Gasteiger partial charge in [-0.2, -0.15) is 17.9 Å². The molecule has 14 heteroatoms. The summed E-state index contributed by atoms with van der Waals surface area (Å²) in [4.78, 5) is 40.0. The number of rotatable bonds is 7. The van der Waals surface area contributed by atoms with Crippen LogP contribution in [0.2, 0.25) is 5.02 Å². The van der Waals surface area contributed by atoms with Crippen molar-refractivity contribution >= 4 is 41.1 Å². The molecule has 2 heterocycles. The van der Waals surface area contributed by atoms with Crippen molar-refractivity contribution in [1.82, 2.24) is 25.1 Å². The molecule has 226 valence electrons. The standard InChI is InChI=1S/C30H24ClF3N6O4/c31-22-9-12-25(40-17-35-37-38-40)20(16-22)8-13-26(41)39-14-2-5-24(19-3-1-4-21(15-19)30(32,33)34)27(39)28(42)36-23-10-6-18(7-11-23)29(43)44/h1,3-4,6-13,15-17,24,27H,2,5,14H2,(H,36,42)(H,43,44)/b13-8+. The molecule has 1 saturated heterocycles. The van der Waals surface area contributed by atoms with Gasteiger partial charge in [-0.25, -0.2) is 4.79 Å². The summed E-state index contributed by atoms with van der Waals surface area (Å²) < 4.78 is 42.1. The monoisotopic (exact) mass is 624 g/mol. The van der Waals surface area contributed by atoms with Crippen molar-refractivity contribution in [3.05, 3.63) is 106 Å². The third-order valence-corrected chi connectivity index (χ3v) is 7.45. The van der Waals surface area contributed by atoms with Gasteiger partial charge in [-0.3, -0.25) is 9.59 Å². The van der Waals surface area contributed by atoms with Gasteiger partial charge in [0.15, 0.2) is 0 Å². The van der Waals surface area contributed by atoms with Gasteiger partial charge in [0.1, 0.15) is 12.4 Å². The van der Waals surface area contributed by atoms with E-state index in [4.69, 9.17) is 11.6 Å². The van der Waals surface area contributed by atoms with E-state index in [2.05, 4.69) is 20.8 Å². The quantitative estimate of drug-likeness (QED) is 0.261. The highest BCUT2D eigenvalue weighted by atomic mass is 35.5. The predicted molar refractivity (Wildman–Crippen MR) is 154 cm³/mol. The Bertz CT molecular complexity index is 1710. The first kappa shape index (κ1) is 30.4. The molecule has 1 aliphatic rings. The molecular weight excluding hydrogens is 601 g/mol. The second-order valence-electron chi connectivity index (χ2n) is 10.0. The Morgan fingerprint density at radius 2 is 1.82 bits per heavy atom. The van der Waals surface area contributed by atoms with Crippen LogP contribution in [0.1, 0.15) is 45.8 Å². The zero-order chi connectivity index (χ0) is 31.4. The summed E-state index contributed by atoms with van der Waals surface area (Å²) in [6.45, 7) is 0.171. The Labute approximate surface area is 253 Å². The molecule has 0 saturated carbocycles. The molecule has 0 radical (unpaired) electrons. The number of anilines is 1. The van der Waals surface area contributed by atoms with Crippen molar-refractivity contribution in [2.45, 2.75) is 31.0 Å². The van der Waals surface area contributed by atoms with E-state index in [1.54, 1.807) is 18.2 Å². The van der Waals surface area contributed by atoms with Crippen LogP contribution >= 0.6 is 11.6 Å². The van der Waals surface area contributed by atoms with Gasteiger partial charge < -0.3 is 15.3 Å². The molecule has 44 heavy (non-hydrogen) atoms. The number of piperidine rings is 1. The van der Waals surface area contributed by atoms with Crippen LogP contribution in [-0.2, 0) is 15.8 Å². The van der Waals surface area contributed by atoms with E-state index < -0.39 is 41.5 Å². The van der Waals surface area contributed by atoms with E-state index in [9.17, 15) is 32.7 Å². The summed E-state index contributed by atoms with van der Waals surface area (Å²) in [5, 5.41) is 23.4. The van der Waals surface area contributed by atoms with Crippen molar-refractivity contribution in [3.63, 3.8) is 0 Å². The molecule has 4 aromatic rings. The second-order valence-corrected chi connectivity index (χ2v) is 10.4. The number of benzene rings is 3. The number of likely N-dealkylation sites (tertiary alicyclic amines) is 1. The molecule has 0 spiro atoms. The SMILES string of the molecule is O=C(O)c1ccc(NC(=O)C2C(c3cccc(C(F)(F)F)c3)CCCN2C(=O)/C=C/c2cc(Cl)ccc2-n2cnnn2)cc1. The lowest BCUT2D eigenvalue weighted by atomic mass is 9.82. The van der Waals surface area contributed by atoms with Gasteiger partial charge in [0.25, 0.3) is 0 Å². The number of nitrogens with one attached hydrogen (secondary N) is 1. The lowest BCUT2D eigenvalue weighted by Crippen LogP contribution is -2.53. The summed E-state index contributed by atoms with van der Waals surface area (Å²) in [7, 11) is 0. The number of carboxylic acids is 1. The summed E-state index contributed by atoms with van der Waals surface area (Å²) in [5.41, 5.74) is 0.705. The van der Waals surface area contributed by atoms with E-state index in [0.717, 1.165) is 12.1 Å². The highest BCUT2D eigenvalue weighted by molar-refractivity contribution is 6.30. The number of carbonyl (C=O) groups is 3. The number of amides is 2. The molecule has 10 nitrogen and oxygen atoms in total. The van der Waals surface area contributed by atoms with Crippen LogP contribution in [0.5, 0.6) is 0 Å².